The summed E-state index contributed by atoms with van der Waals surface area (Å²) in [5.41, 5.74) is 2.68. The molecule has 2 heteroatoms. The Balaban J connectivity index is 1.71. The monoisotopic (exact) mass is 267 g/mol. The summed E-state index contributed by atoms with van der Waals surface area (Å²) >= 11 is 0. The van der Waals surface area contributed by atoms with Crippen LogP contribution in [0.5, 0.6) is 0 Å². The van der Waals surface area contributed by atoms with Gasteiger partial charge < -0.3 is 5.11 Å². The van der Waals surface area contributed by atoms with Crippen LogP contribution in [0.4, 0.5) is 0 Å². The number of hydrogen-bond acceptors (Lipinski definition) is 2. The molecule has 2 aromatic carbocycles. The van der Waals surface area contributed by atoms with Crippen molar-refractivity contribution in [2.24, 2.45) is 0 Å². The van der Waals surface area contributed by atoms with Crippen LogP contribution >= 0.6 is 0 Å². The topological polar surface area (TPSA) is 23.5 Å². The second-order valence-electron chi connectivity index (χ2n) is 5.66. The average Bonchev–Trinajstić information content (AvgIpc) is 2.46. The van der Waals surface area contributed by atoms with Crippen LogP contribution in [0.1, 0.15) is 24.0 Å². The van der Waals surface area contributed by atoms with Gasteiger partial charge in [0.1, 0.15) is 0 Å². The molecule has 1 aliphatic carbocycles. The molecule has 0 amide bonds. The molecule has 0 bridgehead atoms. The molecule has 1 aliphatic rings. The van der Waals surface area contributed by atoms with Crippen molar-refractivity contribution in [1.82, 2.24) is 4.90 Å². The summed E-state index contributed by atoms with van der Waals surface area (Å²) in [7, 11) is 0. The quantitative estimate of drug-likeness (QED) is 0.899. The lowest BCUT2D eigenvalue weighted by atomic mass is 9.87. The zero-order chi connectivity index (χ0) is 13.8. The van der Waals surface area contributed by atoms with E-state index in [1.807, 2.05) is 0 Å². The van der Waals surface area contributed by atoms with Crippen LogP contribution < -0.4 is 0 Å². The van der Waals surface area contributed by atoms with E-state index in [0.717, 1.165) is 25.9 Å². The van der Waals surface area contributed by atoms with Crippen LogP contribution in [0, 0.1) is 0 Å². The lowest BCUT2D eigenvalue weighted by molar-refractivity contribution is -0.00586. The Kier molecular flexibility index (Phi) is 4.14. The molecule has 0 aromatic heterocycles. The summed E-state index contributed by atoms with van der Waals surface area (Å²) in [6, 6.07) is 21.7. The number of nitrogens with zero attached hydrogens (tertiary/aromatic N) is 1. The second kappa shape index (κ2) is 6.21. The standard InChI is InChI=1S/C18H21NO/c20-18-11-17(12-18)19(13-15-7-3-1-4-8-15)14-16-9-5-2-6-10-16/h1-10,17-18,20H,11-14H2/t17-,18+. The minimum absolute atomic E-state index is 0.103. The predicted octanol–water partition coefficient (Wildman–Crippen LogP) is 3.21. The molecule has 1 fully saturated rings. The summed E-state index contributed by atoms with van der Waals surface area (Å²) in [6.45, 7) is 1.90. The molecule has 20 heavy (non-hydrogen) atoms. The van der Waals surface area contributed by atoms with E-state index in [1.165, 1.54) is 11.1 Å². The van der Waals surface area contributed by atoms with Crippen molar-refractivity contribution in [2.45, 2.75) is 38.1 Å². The summed E-state index contributed by atoms with van der Waals surface area (Å²) in [5.74, 6) is 0. The Morgan fingerprint density at radius 1 is 0.800 bits per heavy atom. The zero-order valence-electron chi connectivity index (χ0n) is 11.7. The van der Waals surface area contributed by atoms with Gasteiger partial charge in [-0.05, 0) is 24.0 Å². The first-order chi connectivity index (χ1) is 9.81. The average molecular weight is 267 g/mol. The summed E-state index contributed by atoms with van der Waals surface area (Å²) in [4.78, 5) is 2.48. The van der Waals surface area contributed by atoms with Crippen LogP contribution in [-0.2, 0) is 13.1 Å². The molecule has 0 heterocycles. The molecular formula is C18H21NO. The maximum absolute atomic E-state index is 9.57. The third-order valence-corrected chi connectivity index (χ3v) is 4.06. The number of rotatable bonds is 5. The smallest absolute Gasteiger partial charge is 0.0570 e. The lowest BCUT2D eigenvalue weighted by Gasteiger charge is -2.41. The normalized spacial score (nSPS) is 21.7. The van der Waals surface area contributed by atoms with Crippen molar-refractivity contribution in [3.8, 4) is 0 Å². The van der Waals surface area contributed by atoms with E-state index < -0.39 is 0 Å². The van der Waals surface area contributed by atoms with Crippen LogP contribution in [0.25, 0.3) is 0 Å². The maximum atomic E-state index is 9.57. The van der Waals surface area contributed by atoms with Crippen molar-refractivity contribution in [3.05, 3.63) is 71.8 Å². The Morgan fingerprint density at radius 2 is 1.25 bits per heavy atom. The van der Waals surface area contributed by atoms with E-state index in [4.69, 9.17) is 0 Å². The van der Waals surface area contributed by atoms with E-state index >= 15 is 0 Å². The molecule has 104 valence electrons. The minimum atomic E-state index is -0.103. The fourth-order valence-electron chi connectivity index (χ4n) is 2.81. The molecule has 0 saturated heterocycles. The van der Waals surface area contributed by atoms with Gasteiger partial charge in [0.05, 0.1) is 6.10 Å². The van der Waals surface area contributed by atoms with Crippen molar-refractivity contribution in [2.75, 3.05) is 0 Å². The number of benzene rings is 2. The molecule has 1 N–H and O–H groups in total. The molecule has 1 saturated carbocycles. The molecule has 0 radical (unpaired) electrons. The fourth-order valence-corrected chi connectivity index (χ4v) is 2.81. The van der Waals surface area contributed by atoms with E-state index in [2.05, 4.69) is 65.6 Å². The molecule has 0 unspecified atom stereocenters. The van der Waals surface area contributed by atoms with Gasteiger partial charge >= 0.3 is 0 Å². The largest absolute Gasteiger partial charge is 0.393 e. The van der Waals surface area contributed by atoms with Gasteiger partial charge in [0.25, 0.3) is 0 Å². The third kappa shape index (κ3) is 3.27. The van der Waals surface area contributed by atoms with Crippen LogP contribution in [0.15, 0.2) is 60.7 Å². The van der Waals surface area contributed by atoms with Crippen LogP contribution in [0.2, 0.25) is 0 Å². The van der Waals surface area contributed by atoms with Crippen LogP contribution in [0.3, 0.4) is 0 Å². The molecule has 0 spiro atoms. The Hall–Kier alpha value is -1.64. The van der Waals surface area contributed by atoms with Crippen molar-refractivity contribution >= 4 is 0 Å². The van der Waals surface area contributed by atoms with Gasteiger partial charge in [-0.2, -0.15) is 0 Å². The minimum Gasteiger partial charge on any atom is -0.393 e. The highest BCUT2D eigenvalue weighted by atomic mass is 16.3. The highest BCUT2D eigenvalue weighted by Crippen LogP contribution is 2.28. The molecular weight excluding hydrogens is 246 g/mol. The second-order valence-corrected chi connectivity index (χ2v) is 5.66. The summed E-state index contributed by atoms with van der Waals surface area (Å²) < 4.78 is 0. The molecule has 0 atom stereocenters. The van der Waals surface area contributed by atoms with Gasteiger partial charge in [-0.3, -0.25) is 4.90 Å². The molecule has 2 aromatic rings. The first-order valence-corrected chi connectivity index (χ1v) is 7.31. The third-order valence-electron chi connectivity index (χ3n) is 4.06. The Labute approximate surface area is 120 Å². The van der Waals surface area contributed by atoms with E-state index in [9.17, 15) is 5.11 Å². The maximum Gasteiger partial charge on any atom is 0.0570 e. The van der Waals surface area contributed by atoms with Crippen LogP contribution in [-0.4, -0.2) is 22.2 Å². The Bertz CT molecular complexity index is 478. The van der Waals surface area contributed by atoms with E-state index in [1.54, 1.807) is 0 Å². The number of hydrogen-bond donors (Lipinski definition) is 1. The summed E-state index contributed by atoms with van der Waals surface area (Å²) in [5, 5.41) is 9.57. The molecule has 2 nitrogen and oxygen atoms in total. The highest BCUT2D eigenvalue weighted by Gasteiger charge is 2.32. The fraction of sp³-hybridized carbons (Fsp3) is 0.333. The van der Waals surface area contributed by atoms with Gasteiger partial charge in [0.2, 0.25) is 0 Å². The summed E-state index contributed by atoms with van der Waals surface area (Å²) in [6.07, 6.45) is 1.70. The van der Waals surface area contributed by atoms with Gasteiger partial charge in [-0.15, -0.1) is 0 Å². The molecule has 3 rings (SSSR count). The van der Waals surface area contributed by atoms with E-state index in [-0.39, 0.29) is 6.10 Å². The van der Waals surface area contributed by atoms with Crippen molar-refractivity contribution in [1.29, 1.82) is 0 Å². The van der Waals surface area contributed by atoms with Gasteiger partial charge in [-0.25, -0.2) is 0 Å². The number of aliphatic hydroxyl groups excluding tert-OH is 1. The highest BCUT2D eigenvalue weighted by molar-refractivity contribution is 5.17. The van der Waals surface area contributed by atoms with Gasteiger partial charge in [0, 0.05) is 19.1 Å². The first-order valence-electron chi connectivity index (χ1n) is 7.31. The van der Waals surface area contributed by atoms with Gasteiger partial charge in [0.15, 0.2) is 0 Å². The lowest BCUT2D eigenvalue weighted by Crippen LogP contribution is -2.46. The van der Waals surface area contributed by atoms with Gasteiger partial charge in [-0.1, -0.05) is 60.7 Å². The van der Waals surface area contributed by atoms with E-state index in [0.29, 0.717) is 6.04 Å². The Morgan fingerprint density at radius 3 is 1.65 bits per heavy atom. The predicted molar refractivity (Wildman–Crippen MR) is 81.2 cm³/mol. The number of aliphatic hydroxyl groups is 1. The SMILES string of the molecule is O[C@H]1C[C@@H](N(Cc2ccccc2)Cc2ccccc2)C1. The molecule has 0 aliphatic heterocycles. The first kappa shape index (κ1) is 13.3. The zero-order valence-corrected chi connectivity index (χ0v) is 11.7. The van der Waals surface area contributed by atoms with Crippen molar-refractivity contribution < 1.29 is 5.11 Å². The van der Waals surface area contributed by atoms with Crippen molar-refractivity contribution in [3.63, 3.8) is 0 Å².